The zero-order valence-electron chi connectivity index (χ0n) is 18.4. The van der Waals surface area contributed by atoms with Crippen LogP contribution in [-0.4, -0.2) is 74.9 Å². The molecule has 1 aromatic rings. The number of benzene rings is 1. The van der Waals surface area contributed by atoms with Gasteiger partial charge in [-0.3, -0.25) is 14.4 Å². The summed E-state index contributed by atoms with van der Waals surface area (Å²) < 4.78 is 29.6. The number of hydrogen-bond donors (Lipinski definition) is 5. The third-order valence-corrected chi connectivity index (χ3v) is 5.14. The molecule has 0 bridgehead atoms. The first-order chi connectivity index (χ1) is 14.9. The van der Waals surface area contributed by atoms with E-state index < -0.39 is 45.7 Å². The topological polar surface area (TPSA) is 171 Å². The van der Waals surface area contributed by atoms with Crippen LogP contribution < -0.4 is 20.1 Å². The van der Waals surface area contributed by atoms with E-state index in [1.54, 1.807) is 24.3 Å². The van der Waals surface area contributed by atoms with E-state index in [0.717, 1.165) is 11.8 Å². The summed E-state index contributed by atoms with van der Waals surface area (Å²) in [6.45, 7) is 2.92. The molecule has 0 fully saturated rings. The maximum absolute atomic E-state index is 11.9. The van der Waals surface area contributed by atoms with Gasteiger partial charge in [0.05, 0.1) is 12.9 Å². The Bertz CT molecular complexity index is 885. The van der Waals surface area contributed by atoms with Crippen LogP contribution in [0.5, 0.6) is 5.75 Å². The summed E-state index contributed by atoms with van der Waals surface area (Å²) >= 11 is 0. The van der Waals surface area contributed by atoms with Gasteiger partial charge in [0.2, 0.25) is 21.7 Å². The van der Waals surface area contributed by atoms with Crippen molar-refractivity contribution >= 4 is 27.6 Å². The smallest absolute Gasteiger partial charge is 0.287 e. The molecule has 0 saturated heterocycles. The van der Waals surface area contributed by atoms with Crippen LogP contribution in [0, 0.1) is 5.41 Å². The molecule has 1 unspecified atom stereocenters. The van der Waals surface area contributed by atoms with Crippen LogP contribution in [-0.2, 0) is 31.0 Å². The summed E-state index contributed by atoms with van der Waals surface area (Å²) in [5.41, 5.74) is -0.311. The molecule has 2 amide bonds. The summed E-state index contributed by atoms with van der Waals surface area (Å²) in [4.78, 5) is 35.7. The average molecular weight is 474 g/mol. The van der Waals surface area contributed by atoms with Crippen molar-refractivity contribution in [2.45, 2.75) is 32.9 Å². The summed E-state index contributed by atoms with van der Waals surface area (Å²) in [5.74, 6) is -1.73. The van der Waals surface area contributed by atoms with E-state index >= 15 is 0 Å². The molecule has 0 aromatic heterocycles. The van der Waals surface area contributed by atoms with Crippen molar-refractivity contribution in [2.24, 2.45) is 5.41 Å². The van der Waals surface area contributed by atoms with Crippen molar-refractivity contribution in [1.29, 1.82) is 0 Å². The molecule has 32 heavy (non-hydrogen) atoms. The van der Waals surface area contributed by atoms with Gasteiger partial charge in [-0.2, -0.15) is 0 Å². The van der Waals surface area contributed by atoms with Crippen LogP contribution in [0.4, 0.5) is 0 Å². The first-order valence-electron chi connectivity index (χ1n) is 9.90. The molecule has 0 radical (unpaired) electrons. The summed E-state index contributed by atoms with van der Waals surface area (Å²) in [5, 5.41) is 23.9. The lowest BCUT2D eigenvalue weighted by Gasteiger charge is -2.27. The van der Waals surface area contributed by atoms with Gasteiger partial charge in [0, 0.05) is 31.5 Å². The maximum Gasteiger partial charge on any atom is 0.287 e. The molecule has 5 N–H and O–H groups in total. The number of aliphatic hydroxyl groups is 2. The number of carbonyl (C=O) groups excluding carboxylic acids is 3. The van der Waals surface area contributed by atoms with Crippen molar-refractivity contribution in [3.05, 3.63) is 29.8 Å². The van der Waals surface area contributed by atoms with Gasteiger partial charge in [-0.25, -0.2) is 13.1 Å². The molecule has 1 atom stereocenters. The first kappa shape index (κ1) is 27.5. The Morgan fingerprint density at radius 3 is 2.28 bits per heavy atom. The Labute approximate surface area is 187 Å². The second kappa shape index (κ2) is 12.5. The predicted octanol–water partition coefficient (Wildman–Crippen LogP) is -1.31. The highest BCUT2D eigenvalue weighted by Crippen LogP contribution is 2.19. The quantitative estimate of drug-likeness (QED) is 0.164. The normalized spacial score (nSPS) is 12.7. The summed E-state index contributed by atoms with van der Waals surface area (Å²) in [6, 6.07) is 6.68. The zero-order valence-corrected chi connectivity index (χ0v) is 19.2. The molecule has 0 aliphatic heterocycles. The van der Waals surface area contributed by atoms with Gasteiger partial charge in [-0.1, -0.05) is 26.0 Å². The second-order valence-electron chi connectivity index (χ2n) is 7.86. The largest absolute Gasteiger partial charge is 0.492 e. The third-order valence-electron chi connectivity index (χ3n) is 4.41. The van der Waals surface area contributed by atoms with Gasteiger partial charge in [-0.05, 0) is 17.7 Å². The second-order valence-corrected chi connectivity index (χ2v) is 9.69. The number of carbonyl (C=O) groups is 3. The van der Waals surface area contributed by atoms with Crippen molar-refractivity contribution in [3.63, 3.8) is 0 Å². The van der Waals surface area contributed by atoms with Crippen molar-refractivity contribution in [1.82, 2.24) is 15.4 Å². The fraction of sp³-hybridized carbons (Fsp3) is 0.550. The minimum Gasteiger partial charge on any atom is -0.492 e. The number of ketones is 1. The lowest BCUT2D eigenvalue weighted by molar-refractivity contribution is -0.139. The minimum atomic E-state index is -3.27. The summed E-state index contributed by atoms with van der Waals surface area (Å²) in [7, 11) is -3.27. The van der Waals surface area contributed by atoms with Crippen molar-refractivity contribution < 1.29 is 37.8 Å². The van der Waals surface area contributed by atoms with Crippen LogP contribution in [0.25, 0.3) is 0 Å². The van der Waals surface area contributed by atoms with Crippen molar-refractivity contribution in [3.8, 4) is 5.75 Å². The molecule has 180 valence electrons. The molecule has 0 heterocycles. The Morgan fingerprint density at radius 2 is 1.72 bits per heavy atom. The van der Waals surface area contributed by atoms with Crippen LogP contribution >= 0.6 is 0 Å². The Morgan fingerprint density at radius 1 is 1.09 bits per heavy atom. The highest BCUT2D eigenvalue weighted by atomic mass is 32.2. The van der Waals surface area contributed by atoms with E-state index in [1.165, 1.54) is 13.8 Å². The minimum absolute atomic E-state index is 0.107. The van der Waals surface area contributed by atoms with Gasteiger partial charge in [-0.15, -0.1) is 0 Å². The van der Waals surface area contributed by atoms with Crippen LogP contribution in [0.15, 0.2) is 24.3 Å². The number of ether oxygens (including phenoxy) is 1. The predicted molar refractivity (Wildman–Crippen MR) is 116 cm³/mol. The number of sulfonamides is 1. The highest BCUT2D eigenvalue weighted by Gasteiger charge is 2.32. The van der Waals surface area contributed by atoms with Crippen LogP contribution in [0.2, 0.25) is 0 Å². The van der Waals surface area contributed by atoms with Crippen molar-refractivity contribution in [2.75, 3.05) is 32.6 Å². The number of rotatable bonds is 14. The number of Topliss-reactive ketones (excluding diaryl/α,β-unsaturated/α-hetero) is 1. The van der Waals surface area contributed by atoms with Gasteiger partial charge in [0.15, 0.2) is 0 Å². The molecule has 11 nitrogen and oxygen atoms in total. The molecule has 1 aromatic carbocycles. The van der Waals surface area contributed by atoms with Gasteiger partial charge < -0.3 is 25.6 Å². The monoisotopic (exact) mass is 473 g/mol. The molecule has 12 heteroatoms. The van der Waals surface area contributed by atoms with Gasteiger partial charge in [0.1, 0.15) is 18.5 Å². The molecular weight excluding hydrogens is 442 g/mol. The fourth-order valence-corrected chi connectivity index (χ4v) is 2.79. The maximum atomic E-state index is 11.9. The average Bonchev–Trinajstić information content (AvgIpc) is 2.74. The number of hydrogen-bond acceptors (Lipinski definition) is 8. The standard InChI is InChI=1S/C20H31N3O8S/c1-20(2,13-24)17(26)19(28)21-9-8-16(25)18(27)22-12-14-4-6-15(7-5-14)31-11-10-23-32(3,29)30/h4-7,17,23-24,26H,8-13H2,1-3H3,(H,21,28)(H,22,27). The molecule has 0 saturated carbocycles. The number of amides is 2. The number of nitrogens with one attached hydrogen (secondary N) is 3. The third kappa shape index (κ3) is 10.2. The lowest BCUT2D eigenvalue weighted by Crippen LogP contribution is -2.46. The SMILES string of the molecule is CC(C)(CO)C(O)C(=O)NCCC(=O)C(=O)NCc1ccc(OCCNS(C)(=O)=O)cc1. The van der Waals surface area contributed by atoms with Crippen LogP contribution in [0.3, 0.4) is 0 Å². The molecule has 0 aliphatic rings. The summed E-state index contributed by atoms with van der Waals surface area (Å²) in [6.07, 6.45) is -0.626. The molecular formula is C20H31N3O8S. The molecule has 0 spiro atoms. The number of aliphatic hydroxyl groups excluding tert-OH is 2. The Balaban J connectivity index is 2.34. The van der Waals surface area contributed by atoms with E-state index in [9.17, 15) is 27.9 Å². The molecule has 0 aliphatic carbocycles. The van der Waals surface area contributed by atoms with E-state index in [1.807, 2.05) is 0 Å². The Kier molecular flexibility index (Phi) is 10.7. The van der Waals surface area contributed by atoms with E-state index in [-0.39, 0.29) is 32.7 Å². The highest BCUT2D eigenvalue weighted by molar-refractivity contribution is 7.88. The van der Waals surface area contributed by atoms with E-state index in [2.05, 4.69) is 15.4 Å². The fourth-order valence-electron chi connectivity index (χ4n) is 2.33. The Hall–Kier alpha value is -2.54. The van der Waals surface area contributed by atoms with E-state index in [4.69, 9.17) is 9.84 Å². The van der Waals surface area contributed by atoms with E-state index in [0.29, 0.717) is 5.75 Å². The zero-order chi connectivity index (χ0) is 24.4. The lowest BCUT2D eigenvalue weighted by atomic mass is 9.87. The first-order valence-corrected chi connectivity index (χ1v) is 11.8. The molecule has 1 rings (SSSR count). The van der Waals surface area contributed by atoms with Gasteiger partial charge >= 0.3 is 0 Å². The van der Waals surface area contributed by atoms with Gasteiger partial charge in [0.25, 0.3) is 5.91 Å². The van der Waals surface area contributed by atoms with Crippen LogP contribution in [0.1, 0.15) is 25.8 Å².